The quantitative estimate of drug-likeness (QED) is 0.0110. The second-order valence-corrected chi connectivity index (χ2v) is 18.7. The number of aromatic hydroxyl groups is 1. The van der Waals surface area contributed by atoms with Gasteiger partial charge in [-0.05, 0) is 80.4 Å². The third-order valence-electron chi connectivity index (χ3n) is 11.7. The predicted octanol–water partition coefficient (Wildman–Crippen LogP) is -2.36. The summed E-state index contributed by atoms with van der Waals surface area (Å²) >= 11 is 0. The fourth-order valence-electron chi connectivity index (χ4n) is 7.25. The van der Waals surface area contributed by atoms with Crippen molar-refractivity contribution in [2.75, 3.05) is 6.54 Å². The number of carboxylic acids is 4. The molecule has 28 nitrogen and oxygen atoms in total. The molecule has 0 heterocycles. The molecule has 420 valence electrons. The fourth-order valence-corrected chi connectivity index (χ4v) is 7.25. The Labute approximate surface area is 433 Å². The number of hydrogen-bond donors (Lipinski definition) is 16. The number of aliphatic carboxylic acids is 4. The van der Waals surface area contributed by atoms with Crippen LogP contribution in [0.3, 0.4) is 0 Å². The van der Waals surface area contributed by atoms with E-state index in [0.29, 0.717) is 5.56 Å². The van der Waals surface area contributed by atoms with Gasteiger partial charge in [-0.2, -0.15) is 0 Å². The molecule has 0 aromatic heterocycles. The number of rotatable bonds is 36. The van der Waals surface area contributed by atoms with Crippen molar-refractivity contribution in [1.29, 1.82) is 0 Å². The lowest BCUT2D eigenvalue weighted by molar-refractivity contribution is -0.143. The van der Waals surface area contributed by atoms with Crippen LogP contribution in [0.15, 0.2) is 29.3 Å². The molecule has 9 atom stereocenters. The number of hydrogen-bond acceptors (Lipinski definition) is 15. The van der Waals surface area contributed by atoms with Crippen molar-refractivity contribution in [3.05, 3.63) is 29.8 Å². The summed E-state index contributed by atoms with van der Waals surface area (Å²) in [4.78, 5) is 148. The van der Waals surface area contributed by atoms with Gasteiger partial charge in [0, 0.05) is 25.8 Å². The number of benzene rings is 1. The maximum Gasteiger partial charge on any atom is 0.326 e. The molecule has 0 aliphatic carbocycles. The highest BCUT2D eigenvalue weighted by molar-refractivity contribution is 5.98. The summed E-state index contributed by atoms with van der Waals surface area (Å²) in [6.07, 6.45) is -3.69. The summed E-state index contributed by atoms with van der Waals surface area (Å²) in [7, 11) is 0. The molecule has 1 rings (SSSR count). The van der Waals surface area contributed by atoms with E-state index in [-0.39, 0.29) is 56.3 Å². The van der Waals surface area contributed by atoms with Gasteiger partial charge in [0.25, 0.3) is 0 Å². The first-order chi connectivity index (χ1) is 35.1. The van der Waals surface area contributed by atoms with Crippen LogP contribution in [-0.4, -0.2) is 152 Å². The first-order valence-electron chi connectivity index (χ1n) is 24.4. The molecule has 0 aliphatic heterocycles. The number of amides is 7. The molecule has 9 unspecified atom stereocenters. The molecule has 75 heavy (non-hydrogen) atoms. The number of guanidine groups is 1. The number of phenolic OH excluding ortho intramolecular Hbond substituents is 1. The van der Waals surface area contributed by atoms with Gasteiger partial charge in [0.2, 0.25) is 41.4 Å². The number of nitrogens with two attached hydrogens (primary N) is 3. The molecule has 1 aromatic carbocycles. The molecule has 0 saturated heterocycles. The second-order valence-electron chi connectivity index (χ2n) is 18.7. The molecule has 0 aliphatic rings. The van der Waals surface area contributed by atoms with Gasteiger partial charge in [-0.3, -0.25) is 58.8 Å². The Morgan fingerprint density at radius 1 is 0.533 bits per heavy atom. The van der Waals surface area contributed by atoms with Gasteiger partial charge in [-0.1, -0.05) is 60.1 Å². The van der Waals surface area contributed by atoms with Crippen molar-refractivity contribution in [2.24, 2.45) is 40.1 Å². The van der Waals surface area contributed by atoms with Crippen LogP contribution in [0.25, 0.3) is 0 Å². The minimum absolute atomic E-state index is 0.00189. The molecule has 7 amide bonds. The average Bonchev–Trinajstić information content (AvgIpc) is 3.32. The van der Waals surface area contributed by atoms with Crippen LogP contribution in [0, 0.1) is 17.8 Å². The summed E-state index contributed by atoms with van der Waals surface area (Å²) < 4.78 is 0. The Morgan fingerprint density at radius 2 is 0.920 bits per heavy atom. The Morgan fingerprint density at radius 3 is 1.31 bits per heavy atom. The van der Waals surface area contributed by atoms with E-state index in [2.05, 4.69) is 47.6 Å². The molecule has 28 heteroatoms. The third kappa shape index (κ3) is 25.3. The highest BCUT2D eigenvalue weighted by atomic mass is 16.4. The number of aliphatic imine (C=N–C) groups is 1. The van der Waals surface area contributed by atoms with E-state index < -0.39 is 164 Å². The van der Waals surface area contributed by atoms with Crippen molar-refractivity contribution in [3.63, 3.8) is 0 Å². The van der Waals surface area contributed by atoms with Crippen LogP contribution < -0.4 is 60.0 Å². The van der Waals surface area contributed by atoms with Gasteiger partial charge in [0.15, 0.2) is 5.96 Å². The van der Waals surface area contributed by atoms with Gasteiger partial charge in [0.05, 0.1) is 0 Å². The third-order valence-corrected chi connectivity index (χ3v) is 11.7. The van der Waals surface area contributed by atoms with Crippen LogP contribution in [0.1, 0.15) is 111 Å². The summed E-state index contributed by atoms with van der Waals surface area (Å²) in [6, 6.07) is -6.19. The number of carbonyl (C=O) groups excluding carboxylic acids is 7. The second kappa shape index (κ2) is 33.2. The Bertz CT molecular complexity index is 2150. The number of nitrogens with zero attached hydrogens (tertiary/aromatic N) is 1. The molecule has 1 aromatic rings. The maximum absolute atomic E-state index is 14.2. The first-order valence-corrected chi connectivity index (χ1v) is 24.4. The zero-order valence-electron chi connectivity index (χ0n) is 43.1. The SMILES string of the molecule is CCC(C)C(NC(=O)C(CCC(=O)O)NC(=O)C(CCC(=O)O)NC(=O)C(CCC(=O)O)NC(=O)C(Cc1ccc(O)cc1)NN)C(=O)NC(CCCN=C(N)N)C(=O)NC(C(=O)NC(CC(C)C)C(=O)O)C(C)C. The van der Waals surface area contributed by atoms with Crippen molar-refractivity contribution >= 4 is 71.2 Å². The van der Waals surface area contributed by atoms with Gasteiger partial charge in [-0.25, -0.2) is 10.2 Å². The molecule has 0 saturated carbocycles. The van der Waals surface area contributed by atoms with Crippen LogP contribution >= 0.6 is 0 Å². The Balaban J connectivity index is 3.57. The van der Waals surface area contributed by atoms with Gasteiger partial charge >= 0.3 is 23.9 Å². The minimum atomic E-state index is -1.80. The first kappa shape index (κ1) is 65.4. The Kier molecular flexibility index (Phi) is 29.0. The summed E-state index contributed by atoms with van der Waals surface area (Å²) in [5.74, 6) is -8.58. The van der Waals surface area contributed by atoms with Crippen LogP contribution in [0.4, 0.5) is 0 Å². The lowest BCUT2D eigenvalue weighted by Crippen LogP contribution is -2.61. The Hall–Kier alpha value is -7.62. The molecular weight excluding hydrogens is 989 g/mol. The summed E-state index contributed by atoms with van der Waals surface area (Å²) in [5, 5.41) is 65.0. The number of hydrazine groups is 1. The van der Waals surface area contributed by atoms with Crippen molar-refractivity contribution in [2.45, 2.75) is 161 Å². The monoisotopic (exact) mass is 1060 g/mol. The van der Waals surface area contributed by atoms with Crippen LogP contribution in [-0.2, 0) is 59.2 Å². The van der Waals surface area contributed by atoms with Crippen molar-refractivity contribution in [3.8, 4) is 5.75 Å². The maximum atomic E-state index is 14.2. The smallest absolute Gasteiger partial charge is 0.326 e. The molecule has 0 radical (unpaired) electrons. The molecule has 19 N–H and O–H groups in total. The number of phenols is 1. The average molecular weight is 1070 g/mol. The standard InChI is InChI=1S/C47H76N12O16/c1-7-25(6)38(45(73)55-28(9-8-20-51-47(48)49)41(69)57-37(24(4)5)44(72)56-33(46(74)75)21-23(2)3)58-42(70)31(16-19-36(65)66)53-39(67)29(14-17-34(61)62)52-40(68)30(15-18-35(63)64)54-43(71)32(59-50)22-26-10-12-27(60)13-11-26/h10-13,23-25,28-33,37-38,59-60H,7-9,14-22,50H2,1-6H3,(H,52,68)(H,53,67)(H,54,71)(H,55,73)(H,56,72)(H,57,69)(H,58,70)(H,61,62)(H,63,64)(H,65,66)(H,74,75)(H4,48,49,51). The van der Waals surface area contributed by atoms with Crippen LogP contribution in [0.2, 0.25) is 0 Å². The van der Waals surface area contributed by atoms with E-state index in [9.17, 15) is 78.3 Å². The summed E-state index contributed by atoms with van der Waals surface area (Å²) in [5.41, 5.74) is 13.7. The number of nitrogens with one attached hydrogen (secondary N) is 8. The van der Waals surface area contributed by atoms with E-state index in [0.717, 1.165) is 0 Å². The van der Waals surface area contributed by atoms with E-state index in [1.54, 1.807) is 41.5 Å². The summed E-state index contributed by atoms with van der Waals surface area (Å²) in [6.45, 7) is 9.96. The number of carboxylic acid groups (broad SMARTS) is 4. The van der Waals surface area contributed by atoms with E-state index >= 15 is 0 Å². The number of carbonyl (C=O) groups is 11. The molecule has 0 bridgehead atoms. The zero-order valence-corrected chi connectivity index (χ0v) is 43.1. The van der Waals surface area contributed by atoms with Crippen molar-refractivity contribution in [1.82, 2.24) is 42.6 Å². The highest BCUT2D eigenvalue weighted by Gasteiger charge is 2.37. The lowest BCUT2D eigenvalue weighted by Gasteiger charge is -2.30. The van der Waals surface area contributed by atoms with Gasteiger partial charge in [-0.15, -0.1) is 0 Å². The largest absolute Gasteiger partial charge is 0.508 e. The zero-order chi connectivity index (χ0) is 57.1. The minimum Gasteiger partial charge on any atom is -0.508 e. The predicted molar refractivity (Wildman–Crippen MR) is 268 cm³/mol. The highest BCUT2D eigenvalue weighted by Crippen LogP contribution is 2.15. The van der Waals surface area contributed by atoms with Crippen molar-refractivity contribution < 1.29 is 78.3 Å². The molecule has 0 spiro atoms. The molecular formula is C47H76N12O16. The van der Waals surface area contributed by atoms with E-state index in [1.807, 2.05) is 0 Å². The normalized spacial score (nSPS) is 14.7. The fraction of sp³-hybridized carbons (Fsp3) is 0.617. The van der Waals surface area contributed by atoms with E-state index in [4.69, 9.17) is 17.3 Å². The van der Waals surface area contributed by atoms with Gasteiger partial charge < -0.3 is 74.2 Å². The van der Waals surface area contributed by atoms with E-state index in [1.165, 1.54) is 24.3 Å². The van der Waals surface area contributed by atoms with Gasteiger partial charge in [0.1, 0.15) is 54.1 Å². The topological polar surface area (TPSA) is 476 Å². The van der Waals surface area contributed by atoms with Crippen LogP contribution in [0.5, 0.6) is 5.75 Å². The molecule has 0 fully saturated rings. The lowest BCUT2D eigenvalue weighted by atomic mass is 9.96.